The van der Waals surface area contributed by atoms with Gasteiger partial charge in [0.2, 0.25) is 0 Å². The second-order valence-electron chi connectivity index (χ2n) is 10.0. The van der Waals surface area contributed by atoms with E-state index in [4.69, 9.17) is 4.98 Å². The first-order chi connectivity index (χ1) is 14.0. The summed E-state index contributed by atoms with van der Waals surface area (Å²) in [6.45, 7) is 11.5. The van der Waals surface area contributed by atoms with Crippen molar-refractivity contribution in [3.05, 3.63) is 46.8 Å². The smallest absolute Gasteiger partial charge is 0.388 e. The number of aliphatic hydroxyl groups is 1. The van der Waals surface area contributed by atoms with Crippen molar-refractivity contribution in [1.82, 2.24) is 4.98 Å². The highest BCUT2D eigenvalue weighted by atomic mass is 19.4. The number of allylic oxidation sites excluding steroid dienone is 3. The standard InChI is InChI=1S/C25H34F3NO/c1-6-10-17(25(26,27)28)21-20(16-11-8-7-9-12-16)22-18(29-23(21)15(2)3)13-24(4,5)14-19(22)30/h6,10,15-16,19,30H,1,7-9,11-14H2,2-5H3/b17-10+/t19-/m0/s1. The van der Waals surface area contributed by atoms with Gasteiger partial charge in [-0.3, -0.25) is 4.98 Å². The molecule has 30 heavy (non-hydrogen) atoms. The summed E-state index contributed by atoms with van der Waals surface area (Å²) in [6.07, 6.45) is 3.02. The van der Waals surface area contributed by atoms with Gasteiger partial charge in [-0.2, -0.15) is 13.2 Å². The Kier molecular flexibility index (Phi) is 6.52. The zero-order valence-corrected chi connectivity index (χ0v) is 18.6. The third-order valence-corrected chi connectivity index (χ3v) is 6.53. The van der Waals surface area contributed by atoms with Gasteiger partial charge < -0.3 is 5.11 Å². The van der Waals surface area contributed by atoms with Crippen molar-refractivity contribution in [2.45, 2.75) is 96.8 Å². The lowest BCUT2D eigenvalue weighted by atomic mass is 9.69. The summed E-state index contributed by atoms with van der Waals surface area (Å²) < 4.78 is 42.7. The van der Waals surface area contributed by atoms with Crippen LogP contribution in [0.25, 0.3) is 5.57 Å². The van der Waals surface area contributed by atoms with E-state index in [-0.39, 0.29) is 22.8 Å². The van der Waals surface area contributed by atoms with Crippen molar-refractivity contribution >= 4 is 5.57 Å². The van der Waals surface area contributed by atoms with Crippen LogP contribution in [0.3, 0.4) is 0 Å². The van der Waals surface area contributed by atoms with Crippen LogP contribution in [0, 0.1) is 5.41 Å². The van der Waals surface area contributed by atoms with Crippen LogP contribution in [0.15, 0.2) is 18.7 Å². The minimum Gasteiger partial charge on any atom is -0.388 e. The maximum Gasteiger partial charge on any atom is 0.417 e. The van der Waals surface area contributed by atoms with Crippen molar-refractivity contribution in [2.24, 2.45) is 5.41 Å². The second-order valence-corrected chi connectivity index (χ2v) is 10.0. The third-order valence-electron chi connectivity index (χ3n) is 6.53. The second kappa shape index (κ2) is 8.49. The maximum absolute atomic E-state index is 14.2. The molecule has 0 aliphatic heterocycles. The fourth-order valence-corrected chi connectivity index (χ4v) is 5.30. The molecule has 2 aliphatic carbocycles. The van der Waals surface area contributed by atoms with Gasteiger partial charge in [0.25, 0.3) is 0 Å². The van der Waals surface area contributed by atoms with Gasteiger partial charge in [0, 0.05) is 16.8 Å². The van der Waals surface area contributed by atoms with E-state index in [0.29, 0.717) is 29.7 Å². The number of aliphatic hydroxyl groups excluding tert-OH is 1. The molecule has 1 N–H and O–H groups in total. The molecule has 5 heteroatoms. The zero-order chi connectivity index (χ0) is 22.3. The summed E-state index contributed by atoms with van der Waals surface area (Å²) in [4.78, 5) is 4.80. The first-order valence-electron chi connectivity index (χ1n) is 11.1. The summed E-state index contributed by atoms with van der Waals surface area (Å²) in [5, 5.41) is 11.1. The van der Waals surface area contributed by atoms with E-state index < -0.39 is 17.9 Å². The van der Waals surface area contributed by atoms with Crippen LogP contribution in [0.2, 0.25) is 0 Å². The topological polar surface area (TPSA) is 33.1 Å². The number of rotatable bonds is 4. The normalized spacial score (nSPS) is 22.8. The average Bonchev–Trinajstić information content (AvgIpc) is 2.63. The molecule has 1 aromatic rings. The largest absolute Gasteiger partial charge is 0.417 e. The minimum atomic E-state index is -4.52. The van der Waals surface area contributed by atoms with Gasteiger partial charge in [-0.05, 0) is 54.6 Å². The van der Waals surface area contributed by atoms with Gasteiger partial charge in [0.15, 0.2) is 0 Å². The van der Waals surface area contributed by atoms with E-state index in [2.05, 4.69) is 20.4 Å². The van der Waals surface area contributed by atoms with Crippen molar-refractivity contribution in [3.63, 3.8) is 0 Å². The molecule has 0 bridgehead atoms. The molecule has 1 fully saturated rings. The number of aromatic nitrogens is 1. The van der Waals surface area contributed by atoms with Gasteiger partial charge in [0.05, 0.1) is 17.4 Å². The maximum atomic E-state index is 14.2. The lowest BCUT2D eigenvalue weighted by Gasteiger charge is -2.39. The van der Waals surface area contributed by atoms with Crippen LogP contribution in [0.4, 0.5) is 13.2 Å². The summed E-state index contributed by atoms with van der Waals surface area (Å²) in [6, 6.07) is 0. The van der Waals surface area contributed by atoms with Crippen molar-refractivity contribution in [3.8, 4) is 0 Å². The molecule has 0 radical (unpaired) electrons. The minimum absolute atomic E-state index is 0.0226. The van der Waals surface area contributed by atoms with Crippen LogP contribution < -0.4 is 0 Å². The van der Waals surface area contributed by atoms with Gasteiger partial charge in [0.1, 0.15) is 0 Å². The number of hydrogen-bond donors (Lipinski definition) is 1. The Morgan fingerprint density at radius 3 is 2.33 bits per heavy atom. The van der Waals surface area contributed by atoms with Crippen molar-refractivity contribution in [2.75, 3.05) is 0 Å². The zero-order valence-electron chi connectivity index (χ0n) is 18.6. The summed E-state index contributed by atoms with van der Waals surface area (Å²) in [5.41, 5.74) is 2.02. The molecule has 1 aromatic heterocycles. The van der Waals surface area contributed by atoms with Crippen LogP contribution in [0.1, 0.15) is 112 Å². The lowest BCUT2D eigenvalue weighted by Crippen LogP contribution is -2.31. The number of hydrogen-bond acceptors (Lipinski definition) is 2. The quantitative estimate of drug-likeness (QED) is 0.514. The first kappa shape index (κ1) is 23.1. The molecule has 2 nitrogen and oxygen atoms in total. The highest BCUT2D eigenvalue weighted by molar-refractivity contribution is 5.77. The van der Waals surface area contributed by atoms with E-state index >= 15 is 0 Å². The summed E-state index contributed by atoms with van der Waals surface area (Å²) >= 11 is 0. The molecule has 0 aromatic carbocycles. The summed E-state index contributed by atoms with van der Waals surface area (Å²) in [7, 11) is 0. The fraction of sp³-hybridized carbons (Fsp3) is 0.640. The van der Waals surface area contributed by atoms with Gasteiger partial charge in [-0.15, -0.1) is 0 Å². The molecular weight excluding hydrogens is 387 g/mol. The van der Waals surface area contributed by atoms with Crippen molar-refractivity contribution in [1.29, 1.82) is 0 Å². The van der Waals surface area contributed by atoms with Crippen molar-refractivity contribution < 1.29 is 18.3 Å². The first-order valence-corrected chi connectivity index (χ1v) is 11.1. The van der Waals surface area contributed by atoms with E-state index in [1.165, 1.54) is 6.08 Å². The molecule has 0 amide bonds. The Morgan fingerprint density at radius 1 is 1.17 bits per heavy atom. The van der Waals surface area contributed by atoms with E-state index in [1.54, 1.807) is 0 Å². The molecule has 2 aliphatic rings. The lowest BCUT2D eigenvalue weighted by molar-refractivity contribution is -0.0691. The molecule has 0 spiro atoms. The number of alkyl halides is 3. The van der Waals surface area contributed by atoms with Crippen LogP contribution >= 0.6 is 0 Å². The Bertz CT molecular complexity index is 830. The van der Waals surface area contributed by atoms with Gasteiger partial charge in [-0.25, -0.2) is 0 Å². The van der Waals surface area contributed by atoms with Gasteiger partial charge in [-0.1, -0.05) is 59.6 Å². The number of pyridine rings is 1. The number of fused-ring (bicyclic) bond motifs is 1. The van der Waals surface area contributed by atoms with Crippen LogP contribution in [-0.2, 0) is 6.42 Å². The SMILES string of the molecule is C=C/C=C(\c1c(C(C)C)nc2c(c1C1CCCCC1)[C@@H](O)CC(C)(C)C2)C(F)(F)F. The number of nitrogens with zero attached hydrogens (tertiary/aromatic N) is 1. The molecule has 1 atom stereocenters. The third kappa shape index (κ3) is 4.51. The van der Waals surface area contributed by atoms with Crippen LogP contribution in [-0.4, -0.2) is 16.3 Å². The highest BCUT2D eigenvalue weighted by Crippen LogP contribution is 2.51. The van der Waals surface area contributed by atoms with Gasteiger partial charge >= 0.3 is 6.18 Å². The molecule has 166 valence electrons. The predicted octanol–water partition coefficient (Wildman–Crippen LogP) is 7.39. The molecule has 0 unspecified atom stereocenters. The summed E-state index contributed by atoms with van der Waals surface area (Å²) in [5.74, 6) is -0.139. The van der Waals surface area contributed by atoms with Crippen LogP contribution in [0.5, 0.6) is 0 Å². The Hall–Kier alpha value is -1.62. The highest BCUT2D eigenvalue weighted by Gasteiger charge is 2.43. The molecule has 1 saturated carbocycles. The Morgan fingerprint density at radius 2 is 1.80 bits per heavy atom. The monoisotopic (exact) mass is 421 g/mol. The van der Waals surface area contributed by atoms with E-state index in [0.717, 1.165) is 43.9 Å². The Balaban J connectivity index is 2.40. The molecule has 1 heterocycles. The molecule has 3 rings (SSSR count). The number of halogens is 3. The average molecular weight is 422 g/mol. The predicted molar refractivity (Wildman–Crippen MR) is 115 cm³/mol. The molecule has 0 saturated heterocycles. The fourth-order valence-electron chi connectivity index (χ4n) is 5.30. The molecular formula is C25H34F3NO. The Labute approximate surface area is 178 Å². The van der Waals surface area contributed by atoms with E-state index in [1.807, 2.05) is 13.8 Å². The van der Waals surface area contributed by atoms with E-state index in [9.17, 15) is 18.3 Å².